The molecule has 0 radical (unpaired) electrons. The fourth-order valence-corrected chi connectivity index (χ4v) is 3.42. The molecule has 0 unspecified atom stereocenters. The van der Waals surface area contributed by atoms with Gasteiger partial charge in [-0.15, -0.1) is 17.9 Å². The highest BCUT2D eigenvalue weighted by Gasteiger charge is 2.08. The van der Waals surface area contributed by atoms with E-state index in [2.05, 4.69) is 53.6 Å². The average molecular weight is 338 g/mol. The van der Waals surface area contributed by atoms with Crippen LogP contribution in [0, 0.1) is 19.7 Å². The van der Waals surface area contributed by atoms with E-state index in [-0.39, 0.29) is 5.82 Å². The Bertz CT molecular complexity index is 933. The Balaban J connectivity index is 2.12. The maximum absolute atomic E-state index is 13.1. The topological polar surface area (TPSA) is 17.3 Å². The van der Waals surface area contributed by atoms with E-state index in [0.29, 0.717) is 6.54 Å². The smallest absolute Gasteiger partial charge is 0.190 e. The molecule has 0 aliphatic rings. The molecule has 1 aromatic heterocycles. The van der Waals surface area contributed by atoms with Crippen molar-refractivity contribution in [1.82, 2.24) is 4.57 Å². The lowest BCUT2D eigenvalue weighted by Gasteiger charge is -2.08. The van der Waals surface area contributed by atoms with Gasteiger partial charge in [0.2, 0.25) is 0 Å². The van der Waals surface area contributed by atoms with E-state index in [0.717, 1.165) is 21.7 Å². The van der Waals surface area contributed by atoms with Crippen LogP contribution in [0.4, 0.5) is 10.1 Å². The van der Waals surface area contributed by atoms with E-state index < -0.39 is 0 Å². The minimum absolute atomic E-state index is 0.255. The van der Waals surface area contributed by atoms with Gasteiger partial charge in [0.05, 0.1) is 11.4 Å². The number of hydrogen-bond donors (Lipinski definition) is 0. The fourth-order valence-electron chi connectivity index (χ4n) is 2.48. The first-order chi connectivity index (χ1) is 11.6. The van der Waals surface area contributed by atoms with Gasteiger partial charge in [0.1, 0.15) is 5.82 Å². The van der Waals surface area contributed by atoms with Crippen LogP contribution in [0.5, 0.6) is 0 Å². The van der Waals surface area contributed by atoms with E-state index in [1.165, 1.54) is 23.3 Å². The summed E-state index contributed by atoms with van der Waals surface area (Å²) < 4.78 is 15.2. The van der Waals surface area contributed by atoms with Crippen LogP contribution in [-0.4, -0.2) is 4.57 Å². The van der Waals surface area contributed by atoms with E-state index in [4.69, 9.17) is 0 Å². The number of allylic oxidation sites excluding steroid dienone is 1. The summed E-state index contributed by atoms with van der Waals surface area (Å²) in [7, 11) is 0. The van der Waals surface area contributed by atoms with Gasteiger partial charge in [0.25, 0.3) is 0 Å². The SMILES string of the molecule is C=CCn1c(-c2ccc(C)c(C)c2)csc1=Nc1ccc(F)cc1. The highest BCUT2D eigenvalue weighted by Crippen LogP contribution is 2.23. The number of nitrogens with zero attached hydrogens (tertiary/aromatic N) is 2. The van der Waals surface area contributed by atoms with Crippen molar-refractivity contribution in [3.8, 4) is 11.3 Å². The van der Waals surface area contributed by atoms with Crippen molar-refractivity contribution < 1.29 is 4.39 Å². The molecular formula is C20H19FN2S. The second kappa shape index (κ2) is 6.97. The minimum Gasteiger partial charge on any atom is -0.313 e. The molecule has 0 aliphatic carbocycles. The molecule has 122 valence electrons. The van der Waals surface area contributed by atoms with Gasteiger partial charge in [-0.05, 0) is 60.9 Å². The van der Waals surface area contributed by atoms with Crippen LogP contribution in [0.1, 0.15) is 11.1 Å². The van der Waals surface area contributed by atoms with Gasteiger partial charge in [-0.3, -0.25) is 0 Å². The molecule has 2 aromatic carbocycles. The molecule has 0 saturated carbocycles. The highest BCUT2D eigenvalue weighted by molar-refractivity contribution is 7.07. The van der Waals surface area contributed by atoms with Crippen molar-refractivity contribution in [1.29, 1.82) is 0 Å². The maximum Gasteiger partial charge on any atom is 0.190 e. The van der Waals surface area contributed by atoms with E-state index in [1.54, 1.807) is 23.5 Å². The molecule has 0 N–H and O–H groups in total. The molecular weight excluding hydrogens is 319 g/mol. The first-order valence-corrected chi connectivity index (χ1v) is 8.63. The normalized spacial score (nSPS) is 11.7. The molecule has 0 bridgehead atoms. The van der Waals surface area contributed by atoms with Crippen LogP contribution in [0.15, 0.2) is 65.5 Å². The van der Waals surface area contributed by atoms with Gasteiger partial charge < -0.3 is 4.57 Å². The van der Waals surface area contributed by atoms with E-state index in [9.17, 15) is 4.39 Å². The first-order valence-electron chi connectivity index (χ1n) is 7.75. The third-order valence-electron chi connectivity index (χ3n) is 3.96. The second-order valence-electron chi connectivity index (χ2n) is 5.69. The van der Waals surface area contributed by atoms with Crippen molar-refractivity contribution in [2.24, 2.45) is 4.99 Å². The summed E-state index contributed by atoms with van der Waals surface area (Å²) in [5.74, 6) is -0.255. The zero-order valence-electron chi connectivity index (χ0n) is 13.8. The average Bonchev–Trinajstić information content (AvgIpc) is 2.95. The Morgan fingerprint density at radius 3 is 2.54 bits per heavy atom. The summed E-state index contributed by atoms with van der Waals surface area (Å²) in [5.41, 5.74) is 5.56. The third kappa shape index (κ3) is 3.39. The predicted octanol–water partition coefficient (Wildman–Crippen LogP) is 5.39. The quantitative estimate of drug-likeness (QED) is 0.567. The lowest BCUT2D eigenvalue weighted by molar-refractivity contribution is 0.628. The van der Waals surface area contributed by atoms with Crippen LogP contribution >= 0.6 is 11.3 Å². The molecule has 0 spiro atoms. The summed E-state index contributed by atoms with van der Waals surface area (Å²) in [4.78, 5) is 5.52. The molecule has 3 aromatic rings. The number of benzene rings is 2. The molecule has 1 heterocycles. The standard InChI is InChI=1S/C20H19FN2S/c1-4-11-23-19(16-6-5-14(2)15(3)12-16)13-24-20(23)22-18-9-7-17(21)8-10-18/h4-10,12-13H,1,11H2,2-3H3. The lowest BCUT2D eigenvalue weighted by atomic mass is 10.0. The Labute approximate surface area is 145 Å². The number of aryl methyl sites for hydroxylation is 2. The van der Waals surface area contributed by atoms with Gasteiger partial charge >= 0.3 is 0 Å². The molecule has 24 heavy (non-hydrogen) atoms. The van der Waals surface area contributed by atoms with Crippen molar-refractivity contribution in [3.63, 3.8) is 0 Å². The van der Waals surface area contributed by atoms with Crippen molar-refractivity contribution in [2.75, 3.05) is 0 Å². The van der Waals surface area contributed by atoms with Crippen LogP contribution in [0.2, 0.25) is 0 Å². The summed E-state index contributed by atoms with van der Waals surface area (Å²) in [6, 6.07) is 12.7. The molecule has 0 aliphatic heterocycles. The summed E-state index contributed by atoms with van der Waals surface area (Å²) in [6.07, 6.45) is 1.86. The van der Waals surface area contributed by atoms with Crippen molar-refractivity contribution >= 4 is 17.0 Å². The Morgan fingerprint density at radius 1 is 1.12 bits per heavy atom. The lowest BCUT2D eigenvalue weighted by Crippen LogP contribution is -2.14. The van der Waals surface area contributed by atoms with Crippen LogP contribution < -0.4 is 4.80 Å². The fraction of sp³-hybridized carbons (Fsp3) is 0.150. The number of thiazole rings is 1. The van der Waals surface area contributed by atoms with Gasteiger partial charge in [-0.1, -0.05) is 18.2 Å². The van der Waals surface area contributed by atoms with Crippen LogP contribution in [0.3, 0.4) is 0 Å². The monoisotopic (exact) mass is 338 g/mol. The zero-order chi connectivity index (χ0) is 17.1. The second-order valence-corrected chi connectivity index (χ2v) is 6.53. The number of halogens is 1. The molecule has 3 rings (SSSR count). The third-order valence-corrected chi connectivity index (χ3v) is 4.83. The Kier molecular flexibility index (Phi) is 4.76. The highest BCUT2D eigenvalue weighted by atomic mass is 32.1. The molecule has 4 heteroatoms. The van der Waals surface area contributed by atoms with Gasteiger partial charge in [-0.2, -0.15) is 0 Å². The minimum atomic E-state index is -0.255. The Morgan fingerprint density at radius 2 is 1.88 bits per heavy atom. The number of rotatable bonds is 4. The van der Waals surface area contributed by atoms with Gasteiger partial charge in [0, 0.05) is 11.9 Å². The molecule has 0 amide bonds. The largest absolute Gasteiger partial charge is 0.313 e. The maximum atomic E-state index is 13.1. The summed E-state index contributed by atoms with van der Waals surface area (Å²) >= 11 is 1.57. The first kappa shape index (κ1) is 16.4. The zero-order valence-corrected chi connectivity index (χ0v) is 14.6. The number of aromatic nitrogens is 1. The summed E-state index contributed by atoms with van der Waals surface area (Å²) in [6.45, 7) is 8.76. The van der Waals surface area contributed by atoms with E-state index in [1.807, 2.05) is 6.08 Å². The molecule has 0 atom stereocenters. The van der Waals surface area contributed by atoms with Gasteiger partial charge in [0.15, 0.2) is 4.80 Å². The van der Waals surface area contributed by atoms with Crippen LogP contribution in [0.25, 0.3) is 11.3 Å². The van der Waals surface area contributed by atoms with Crippen molar-refractivity contribution in [2.45, 2.75) is 20.4 Å². The van der Waals surface area contributed by atoms with Crippen LogP contribution in [-0.2, 0) is 6.54 Å². The summed E-state index contributed by atoms with van der Waals surface area (Å²) in [5, 5.41) is 2.11. The van der Waals surface area contributed by atoms with E-state index >= 15 is 0 Å². The van der Waals surface area contributed by atoms with Crippen molar-refractivity contribution in [3.05, 3.63) is 82.2 Å². The van der Waals surface area contributed by atoms with Gasteiger partial charge in [-0.25, -0.2) is 9.38 Å². The number of hydrogen-bond acceptors (Lipinski definition) is 2. The Hall–Kier alpha value is -2.46. The molecule has 0 saturated heterocycles. The molecule has 2 nitrogen and oxygen atoms in total. The predicted molar refractivity (Wildman–Crippen MR) is 99.0 cm³/mol. The molecule has 0 fully saturated rings.